The van der Waals surface area contributed by atoms with Crippen molar-refractivity contribution in [2.24, 2.45) is 16.6 Å². The molecule has 11 heteroatoms. The van der Waals surface area contributed by atoms with E-state index >= 15 is 0 Å². The Hall–Kier alpha value is -5.32. The summed E-state index contributed by atoms with van der Waals surface area (Å²) in [6.07, 6.45) is 13.1. The van der Waals surface area contributed by atoms with Crippen molar-refractivity contribution in [2.75, 3.05) is 5.32 Å². The number of nitrogens with one attached hydrogen (secondary N) is 2. The first kappa shape index (κ1) is 32.6. The molecular formula is C34H37N5O6. The maximum atomic E-state index is 13.2. The normalized spacial score (nSPS) is 18.9. The summed E-state index contributed by atoms with van der Waals surface area (Å²) in [7, 11) is 0. The summed E-state index contributed by atoms with van der Waals surface area (Å²) in [6, 6.07) is 10.2. The molecule has 4 aromatic rings. The van der Waals surface area contributed by atoms with Gasteiger partial charge in [-0.25, -0.2) is 9.78 Å². The number of amides is 2. The van der Waals surface area contributed by atoms with Crippen molar-refractivity contribution in [3.63, 3.8) is 0 Å². The molecule has 3 aromatic heterocycles. The van der Waals surface area contributed by atoms with Gasteiger partial charge in [-0.2, -0.15) is 0 Å². The summed E-state index contributed by atoms with van der Waals surface area (Å²) in [6.45, 7) is 5.37. The molecule has 45 heavy (non-hydrogen) atoms. The molecule has 6 N–H and O–H groups in total. The van der Waals surface area contributed by atoms with Crippen LogP contribution in [-0.4, -0.2) is 48.9 Å². The van der Waals surface area contributed by atoms with Crippen LogP contribution in [0.2, 0.25) is 0 Å². The van der Waals surface area contributed by atoms with E-state index < -0.39 is 28.8 Å². The Labute approximate surface area is 260 Å². The van der Waals surface area contributed by atoms with Gasteiger partial charge in [0.05, 0.1) is 10.8 Å². The van der Waals surface area contributed by atoms with Crippen molar-refractivity contribution in [2.45, 2.75) is 52.9 Å². The number of carbonyl (C=O) groups is 4. The van der Waals surface area contributed by atoms with Gasteiger partial charge in [-0.05, 0) is 56.9 Å². The molecule has 11 nitrogen and oxygen atoms in total. The highest BCUT2D eigenvalue weighted by Crippen LogP contribution is 2.46. The van der Waals surface area contributed by atoms with Crippen LogP contribution in [0.4, 0.5) is 10.5 Å². The van der Waals surface area contributed by atoms with E-state index in [0.29, 0.717) is 40.9 Å². The van der Waals surface area contributed by atoms with Gasteiger partial charge < -0.3 is 26.2 Å². The van der Waals surface area contributed by atoms with Gasteiger partial charge in [0.15, 0.2) is 5.78 Å². The molecule has 2 atom stereocenters. The van der Waals surface area contributed by atoms with E-state index in [0.717, 1.165) is 29.4 Å². The van der Waals surface area contributed by atoms with E-state index in [4.69, 9.17) is 5.73 Å². The first-order chi connectivity index (χ1) is 21.4. The number of aromatic amines is 1. The third kappa shape index (κ3) is 7.09. The molecule has 1 aliphatic carbocycles. The SMILES string of the molecule is CCCCC1(C(=O)O)CC=CC(C)(C(=O)O)C1.Cc1c(NC(N)=O)cccc1C(=O)c1c[nH]c2ncc(-c3cccnc3)cc12. The summed E-state index contributed by atoms with van der Waals surface area (Å²) < 4.78 is 0. The molecule has 0 spiro atoms. The number of carbonyl (C=O) groups excluding carboxylic acids is 2. The summed E-state index contributed by atoms with van der Waals surface area (Å²) in [5.41, 5.74) is 7.81. The quantitative estimate of drug-likeness (QED) is 0.107. The lowest BCUT2D eigenvalue weighted by Gasteiger charge is -2.38. The van der Waals surface area contributed by atoms with Crippen LogP contribution >= 0.6 is 0 Å². The first-order valence-corrected chi connectivity index (χ1v) is 14.6. The number of aromatic nitrogens is 3. The Balaban J connectivity index is 0.000000233. The molecule has 0 saturated carbocycles. The van der Waals surface area contributed by atoms with Crippen molar-refractivity contribution in [3.05, 3.63) is 90.0 Å². The summed E-state index contributed by atoms with van der Waals surface area (Å²) >= 11 is 0. The number of rotatable bonds is 9. The fourth-order valence-electron chi connectivity index (χ4n) is 5.68. The second kappa shape index (κ2) is 13.5. The average molecular weight is 612 g/mol. The second-order valence-electron chi connectivity index (χ2n) is 11.6. The minimum absolute atomic E-state index is 0.165. The molecule has 0 aliphatic heterocycles. The number of pyridine rings is 2. The number of ketones is 1. The number of unbranched alkanes of at least 4 members (excludes halogenated alkanes) is 1. The zero-order valence-corrected chi connectivity index (χ0v) is 25.5. The van der Waals surface area contributed by atoms with Crippen LogP contribution in [0.25, 0.3) is 22.2 Å². The van der Waals surface area contributed by atoms with Crippen molar-refractivity contribution < 1.29 is 29.4 Å². The van der Waals surface area contributed by atoms with E-state index in [-0.39, 0.29) is 12.2 Å². The topological polar surface area (TPSA) is 188 Å². The van der Waals surface area contributed by atoms with Crippen LogP contribution in [0, 0.1) is 17.8 Å². The molecule has 0 saturated heterocycles. The van der Waals surface area contributed by atoms with Gasteiger partial charge in [-0.1, -0.05) is 50.1 Å². The number of urea groups is 1. The van der Waals surface area contributed by atoms with Gasteiger partial charge in [0, 0.05) is 58.1 Å². The zero-order valence-electron chi connectivity index (χ0n) is 25.5. The largest absolute Gasteiger partial charge is 0.481 e. The molecule has 3 heterocycles. The fraction of sp³-hybridized carbons (Fsp3) is 0.294. The Bertz CT molecular complexity index is 1770. The third-order valence-electron chi connectivity index (χ3n) is 8.26. The lowest BCUT2D eigenvalue weighted by molar-refractivity contribution is -0.156. The molecule has 234 valence electrons. The smallest absolute Gasteiger partial charge is 0.316 e. The van der Waals surface area contributed by atoms with Crippen LogP contribution in [0.5, 0.6) is 0 Å². The molecule has 0 bridgehead atoms. The maximum Gasteiger partial charge on any atom is 0.316 e. The fourth-order valence-corrected chi connectivity index (χ4v) is 5.68. The van der Waals surface area contributed by atoms with Gasteiger partial charge in [0.1, 0.15) is 5.65 Å². The maximum absolute atomic E-state index is 13.2. The average Bonchev–Trinajstić information content (AvgIpc) is 3.44. The van der Waals surface area contributed by atoms with E-state index in [1.54, 1.807) is 69.0 Å². The van der Waals surface area contributed by atoms with Crippen LogP contribution in [0.15, 0.2) is 73.3 Å². The van der Waals surface area contributed by atoms with E-state index in [9.17, 15) is 29.4 Å². The van der Waals surface area contributed by atoms with Gasteiger partial charge >= 0.3 is 18.0 Å². The van der Waals surface area contributed by atoms with Gasteiger partial charge in [0.2, 0.25) is 0 Å². The predicted octanol–water partition coefficient (Wildman–Crippen LogP) is 6.34. The van der Waals surface area contributed by atoms with Crippen LogP contribution in [0.1, 0.15) is 67.4 Å². The lowest BCUT2D eigenvalue weighted by Crippen LogP contribution is -2.41. The highest BCUT2D eigenvalue weighted by atomic mass is 16.4. The number of primary amides is 1. The highest BCUT2D eigenvalue weighted by molar-refractivity contribution is 6.17. The Morgan fingerprint density at radius 2 is 1.82 bits per heavy atom. The number of anilines is 1. The number of nitrogens with zero attached hydrogens (tertiary/aromatic N) is 2. The third-order valence-corrected chi connectivity index (χ3v) is 8.26. The van der Waals surface area contributed by atoms with E-state index in [2.05, 4.69) is 20.3 Å². The van der Waals surface area contributed by atoms with Gasteiger partial charge in [0.25, 0.3) is 0 Å². The Morgan fingerprint density at radius 3 is 2.47 bits per heavy atom. The number of H-pyrrole nitrogens is 1. The van der Waals surface area contributed by atoms with Crippen molar-refractivity contribution in [3.8, 4) is 11.1 Å². The lowest BCUT2D eigenvalue weighted by atomic mass is 9.64. The number of allylic oxidation sites excluding steroid dienone is 1. The summed E-state index contributed by atoms with van der Waals surface area (Å²) in [5.74, 6) is -1.99. The molecule has 5 rings (SSSR count). The number of benzene rings is 1. The van der Waals surface area contributed by atoms with Gasteiger partial charge in [-0.3, -0.25) is 19.4 Å². The minimum atomic E-state index is -1.05. The summed E-state index contributed by atoms with van der Waals surface area (Å²) in [4.78, 5) is 58.7. The molecule has 1 aliphatic rings. The molecule has 1 aromatic carbocycles. The van der Waals surface area contributed by atoms with E-state index in [1.165, 1.54) is 0 Å². The Morgan fingerprint density at radius 1 is 1.04 bits per heavy atom. The number of nitrogens with two attached hydrogens (primary N) is 1. The highest BCUT2D eigenvalue weighted by Gasteiger charge is 2.48. The zero-order chi connectivity index (χ0) is 32.8. The number of hydrogen-bond donors (Lipinski definition) is 5. The van der Waals surface area contributed by atoms with Crippen LogP contribution in [0.3, 0.4) is 0 Å². The van der Waals surface area contributed by atoms with Gasteiger partial charge in [-0.15, -0.1) is 0 Å². The van der Waals surface area contributed by atoms with Crippen LogP contribution < -0.4 is 11.1 Å². The first-order valence-electron chi connectivity index (χ1n) is 14.6. The van der Waals surface area contributed by atoms with Crippen LogP contribution in [-0.2, 0) is 9.59 Å². The summed E-state index contributed by atoms with van der Waals surface area (Å²) in [5, 5.41) is 21.9. The molecule has 2 amide bonds. The Kier molecular flexibility index (Phi) is 9.81. The molecule has 2 unspecified atom stereocenters. The molecular weight excluding hydrogens is 574 g/mol. The number of aliphatic carboxylic acids is 2. The number of hydrogen-bond acceptors (Lipinski definition) is 6. The van der Waals surface area contributed by atoms with E-state index in [1.807, 2.05) is 25.1 Å². The second-order valence-corrected chi connectivity index (χ2v) is 11.6. The number of carboxylic acids is 2. The standard InChI is InChI=1S/C21H17N5O2.C13H20O4/c1-12-15(5-2-6-18(12)26-21(22)28)19(27)17-11-25-20-16(17)8-14(10-24-20)13-4-3-7-23-9-13;1-3-4-7-13(11(16)17)8-5-6-12(2,9-13)10(14)15/h2-11H,1H3,(H,24,25)(H3,22,26,28);5-6H,3-4,7-9H2,1-2H3,(H,14,15)(H,16,17). The predicted molar refractivity (Wildman–Crippen MR) is 171 cm³/mol. The van der Waals surface area contributed by atoms with Crippen molar-refractivity contribution in [1.82, 2.24) is 15.0 Å². The van der Waals surface area contributed by atoms with Crippen molar-refractivity contribution >= 4 is 40.5 Å². The molecule has 0 radical (unpaired) electrons. The monoisotopic (exact) mass is 611 g/mol. The number of carboxylic acid groups (broad SMARTS) is 2. The minimum Gasteiger partial charge on any atom is -0.481 e. The molecule has 0 fully saturated rings. The number of fused-ring (bicyclic) bond motifs is 1. The van der Waals surface area contributed by atoms with Crippen molar-refractivity contribution in [1.29, 1.82) is 0 Å².